The van der Waals surface area contributed by atoms with Gasteiger partial charge in [-0.3, -0.25) is 0 Å². The molecule has 0 bridgehead atoms. The molecule has 0 aliphatic carbocycles. The van der Waals surface area contributed by atoms with Crippen LogP contribution in [0.1, 0.15) is 25.0 Å². The van der Waals surface area contributed by atoms with Gasteiger partial charge in [-0.15, -0.1) is 11.6 Å². The van der Waals surface area contributed by atoms with Gasteiger partial charge in [0.25, 0.3) is 0 Å². The van der Waals surface area contributed by atoms with Crippen LogP contribution in [0.15, 0.2) is 36.4 Å². The maximum absolute atomic E-state index is 9.59. The van der Waals surface area contributed by atoms with Crippen LogP contribution in [0.5, 0.6) is 11.5 Å². The van der Waals surface area contributed by atoms with Gasteiger partial charge in [-0.1, -0.05) is 49.2 Å². The number of aliphatic hydroxyl groups excluding tert-OH is 1. The molecule has 0 fully saturated rings. The standard InChI is InChI=1S/C21H26Cl3NO5/c1-20(2,13-3-5-16(6-4-13)29-10-15(26)9-25)14-7-17(23)19(18(24)8-14)30-12-21(27,28)11-22/h3-8,15,26-28H,9-12,25H2,1-2H3/t15-/m1/s1. The Morgan fingerprint density at radius 2 is 1.57 bits per heavy atom. The molecule has 30 heavy (non-hydrogen) atoms. The summed E-state index contributed by atoms with van der Waals surface area (Å²) < 4.78 is 10.9. The van der Waals surface area contributed by atoms with Crippen molar-refractivity contribution in [3.63, 3.8) is 0 Å². The number of rotatable bonds is 10. The van der Waals surface area contributed by atoms with Crippen molar-refractivity contribution >= 4 is 34.8 Å². The molecular formula is C21H26Cl3NO5. The van der Waals surface area contributed by atoms with E-state index < -0.39 is 29.8 Å². The Bertz CT molecular complexity index is 820. The Morgan fingerprint density at radius 3 is 2.07 bits per heavy atom. The molecule has 2 aromatic carbocycles. The minimum atomic E-state index is -2.18. The second kappa shape index (κ2) is 10.4. The van der Waals surface area contributed by atoms with Crippen LogP contribution in [0.4, 0.5) is 0 Å². The number of hydrogen-bond donors (Lipinski definition) is 4. The molecule has 0 saturated heterocycles. The fourth-order valence-corrected chi connectivity index (χ4v) is 3.35. The molecule has 6 nitrogen and oxygen atoms in total. The number of nitrogens with two attached hydrogens (primary N) is 1. The van der Waals surface area contributed by atoms with E-state index in [2.05, 4.69) is 0 Å². The quantitative estimate of drug-likeness (QED) is 0.308. The fourth-order valence-electron chi connectivity index (χ4n) is 2.68. The number of ether oxygens (including phenoxy) is 2. The Hall–Kier alpha value is -1.25. The van der Waals surface area contributed by atoms with Crippen molar-refractivity contribution in [3.8, 4) is 11.5 Å². The number of halogens is 3. The molecule has 1 atom stereocenters. The molecule has 0 aliphatic heterocycles. The lowest BCUT2D eigenvalue weighted by Crippen LogP contribution is -2.37. The first-order chi connectivity index (χ1) is 14.0. The Morgan fingerprint density at radius 1 is 1.00 bits per heavy atom. The van der Waals surface area contributed by atoms with Crippen molar-refractivity contribution in [2.45, 2.75) is 31.2 Å². The van der Waals surface area contributed by atoms with Gasteiger partial charge >= 0.3 is 0 Å². The van der Waals surface area contributed by atoms with Crippen LogP contribution in [0, 0.1) is 0 Å². The molecule has 0 saturated carbocycles. The molecule has 0 aliphatic rings. The molecule has 0 aromatic heterocycles. The van der Waals surface area contributed by atoms with Crippen molar-refractivity contribution in [3.05, 3.63) is 57.6 Å². The third-order valence-corrected chi connectivity index (χ3v) is 5.66. The van der Waals surface area contributed by atoms with E-state index in [4.69, 9.17) is 50.0 Å². The summed E-state index contributed by atoms with van der Waals surface area (Å²) in [6.07, 6.45) is -0.711. The summed E-state index contributed by atoms with van der Waals surface area (Å²) in [7, 11) is 0. The van der Waals surface area contributed by atoms with E-state index in [1.165, 1.54) is 0 Å². The zero-order chi connectivity index (χ0) is 22.5. The smallest absolute Gasteiger partial charge is 0.211 e. The third-order valence-electron chi connectivity index (χ3n) is 4.67. The first kappa shape index (κ1) is 25.0. The Labute approximate surface area is 191 Å². The zero-order valence-electron chi connectivity index (χ0n) is 16.7. The van der Waals surface area contributed by atoms with Crippen LogP contribution in [-0.2, 0) is 5.41 Å². The summed E-state index contributed by atoms with van der Waals surface area (Å²) in [6, 6.07) is 10.9. The van der Waals surface area contributed by atoms with E-state index >= 15 is 0 Å². The summed E-state index contributed by atoms with van der Waals surface area (Å²) in [5.41, 5.74) is 6.75. The average molecular weight is 479 g/mol. The van der Waals surface area contributed by atoms with E-state index in [1.54, 1.807) is 12.1 Å². The van der Waals surface area contributed by atoms with Crippen molar-refractivity contribution in [1.29, 1.82) is 0 Å². The monoisotopic (exact) mass is 477 g/mol. The number of alkyl halides is 1. The summed E-state index contributed by atoms with van der Waals surface area (Å²) in [4.78, 5) is 0. The van der Waals surface area contributed by atoms with Crippen LogP contribution in [-0.4, -0.2) is 52.8 Å². The summed E-state index contributed by atoms with van der Waals surface area (Å²) in [5.74, 6) is -1.83. The van der Waals surface area contributed by atoms with Gasteiger partial charge in [0, 0.05) is 12.0 Å². The van der Waals surface area contributed by atoms with Crippen LogP contribution in [0.2, 0.25) is 10.0 Å². The molecule has 2 aromatic rings. The summed E-state index contributed by atoms with van der Waals surface area (Å²) in [5, 5.41) is 29.2. The summed E-state index contributed by atoms with van der Waals surface area (Å²) in [6.45, 7) is 3.82. The van der Waals surface area contributed by atoms with Gasteiger partial charge in [-0.25, -0.2) is 0 Å². The highest BCUT2D eigenvalue weighted by Crippen LogP contribution is 2.41. The largest absolute Gasteiger partial charge is 0.491 e. The third kappa shape index (κ3) is 6.37. The second-order valence-corrected chi connectivity index (χ2v) is 8.61. The lowest BCUT2D eigenvalue weighted by atomic mass is 9.78. The first-order valence-electron chi connectivity index (χ1n) is 9.24. The molecule has 0 unspecified atom stereocenters. The number of hydrogen-bond acceptors (Lipinski definition) is 6. The highest BCUT2D eigenvalue weighted by Gasteiger charge is 2.27. The van der Waals surface area contributed by atoms with Crippen molar-refractivity contribution in [2.24, 2.45) is 5.73 Å². The Kier molecular flexibility index (Phi) is 8.65. The molecular weight excluding hydrogens is 453 g/mol. The van der Waals surface area contributed by atoms with E-state index in [1.807, 2.05) is 38.1 Å². The molecule has 0 radical (unpaired) electrons. The maximum Gasteiger partial charge on any atom is 0.211 e. The van der Waals surface area contributed by atoms with Gasteiger partial charge in [0.2, 0.25) is 5.79 Å². The number of aliphatic hydroxyl groups is 3. The molecule has 2 rings (SSSR count). The fraction of sp³-hybridized carbons (Fsp3) is 0.429. The van der Waals surface area contributed by atoms with Gasteiger partial charge in [-0.2, -0.15) is 0 Å². The minimum absolute atomic E-state index is 0.124. The molecule has 0 amide bonds. The predicted molar refractivity (Wildman–Crippen MR) is 119 cm³/mol. The first-order valence-corrected chi connectivity index (χ1v) is 10.5. The Balaban J connectivity index is 2.21. The lowest BCUT2D eigenvalue weighted by Gasteiger charge is -2.28. The predicted octanol–water partition coefficient (Wildman–Crippen LogP) is 3.32. The van der Waals surface area contributed by atoms with Crippen LogP contribution >= 0.6 is 34.8 Å². The molecule has 166 valence electrons. The molecule has 0 heterocycles. The van der Waals surface area contributed by atoms with Gasteiger partial charge in [0.05, 0.1) is 15.9 Å². The van der Waals surface area contributed by atoms with Crippen LogP contribution in [0.25, 0.3) is 0 Å². The van der Waals surface area contributed by atoms with E-state index in [9.17, 15) is 15.3 Å². The summed E-state index contributed by atoms with van der Waals surface area (Å²) >= 11 is 18.2. The normalized spacial score (nSPS) is 13.2. The van der Waals surface area contributed by atoms with E-state index in [0.29, 0.717) is 5.75 Å². The molecule has 5 N–H and O–H groups in total. The SMILES string of the molecule is CC(C)(c1ccc(OC[C@H](O)CN)cc1)c1cc(Cl)c(OCC(O)(O)CCl)c(Cl)c1. The van der Waals surface area contributed by atoms with Crippen LogP contribution < -0.4 is 15.2 Å². The minimum Gasteiger partial charge on any atom is -0.491 e. The highest BCUT2D eigenvalue weighted by molar-refractivity contribution is 6.37. The van der Waals surface area contributed by atoms with E-state index in [0.717, 1.165) is 11.1 Å². The molecule has 0 spiro atoms. The number of benzene rings is 2. The van der Waals surface area contributed by atoms with Gasteiger partial charge in [0.15, 0.2) is 5.75 Å². The van der Waals surface area contributed by atoms with Crippen molar-refractivity contribution < 1.29 is 24.8 Å². The van der Waals surface area contributed by atoms with Crippen molar-refractivity contribution in [1.82, 2.24) is 0 Å². The van der Waals surface area contributed by atoms with Crippen LogP contribution in [0.3, 0.4) is 0 Å². The van der Waals surface area contributed by atoms with Gasteiger partial charge in [-0.05, 0) is 35.4 Å². The lowest BCUT2D eigenvalue weighted by molar-refractivity contribution is -0.162. The molecule has 9 heteroatoms. The van der Waals surface area contributed by atoms with Gasteiger partial charge < -0.3 is 30.5 Å². The van der Waals surface area contributed by atoms with E-state index in [-0.39, 0.29) is 28.9 Å². The van der Waals surface area contributed by atoms with Gasteiger partial charge in [0.1, 0.15) is 25.1 Å². The zero-order valence-corrected chi connectivity index (χ0v) is 19.0. The van der Waals surface area contributed by atoms with Crippen molar-refractivity contribution in [2.75, 3.05) is 25.6 Å². The topological polar surface area (TPSA) is 105 Å². The second-order valence-electron chi connectivity index (χ2n) is 7.52. The average Bonchev–Trinajstić information content (AvgIpc) is 2.71. The maximum atomic E-state index is 9.59. The highest BCUT2D eigenvalue weighted by atomic mass is 35.5.